The molecule has 38 heavy (non-hydrogen) atoms. The first-order valence-electron chi connectivity index (χ1n) is 13.0. The van der Waals surface area contributed by atoms with Crippen LogP contribution in [0.2, 0.25) is 0 Å². The first-order valence-corrected chi connectivity index (χ1v) is 13.0. The van der Waals surface area contributed by atoms with Crippen LogP contribution in [0.5, 0.6) is 5.88 Å². The number of ether oxygens (including phenoxy) is 2. The SMILES string of the molecule is COc1cnc(CN2C3CC2CN(c2ccc(-c4cc(C5=CCOCC5)cn5ncc(N)c45)cn2)C3)cn1. The molecule has 10 heteroatoms. The maximum absolute atomic E-state index is 6.33. The molecule has 10 nitrogen and oxygen atoms in total. The Hall–Kier alpha value is -4.02. The van der Waals surface area contributed by atoms with Gasteiger partial charge in [0.25, 0.3) is 0 Å². The standard InChI is InChI=1S/C28H30N8O2/c1-37-27-13-30-21(11-32-27)15-35-22-9-23(35)17-34(16-22)26-3-2-19(10-31-26)24-8-20(18-4-6-38-7-5-18)14-36-28(24)25(29)12-33-36/h2-4,8,10-14,22-23H,5-7,9,15-17,29H2,1H3. The molecule has 0 aliphatic carbocycles. The highest BCUT2D eigenvalue weighted by Gasteiger charge is 2.44. The van der Waals surface area contributed by atoms with Gasteiger partial charge >= 0.3 is 0 Å². The van der Waals surface area contributed by atoms with E-state index in [0.29, 0.717) is 30.3 Å². The van der Waals surface area contributed by atoms with Crippen LogP contribution in [0, 0.1) is 0 Å². The van der Waals surface area contributed by atoms with Crippen LogP contribution < -0.4 is 15.4 Å². The van der Waals surface area contributed by atoms with Crippen molar-refractivity contribution in [3.8, 4) is 17.0 Å². The van der Waals surface area contributed by atoms with Crippen molar-refractivity contribution < 1.29 is 9.47 Å². The van der Waals surface area contributed by atoms with Crippen molar-refractivity contribution in [3.05, 3.63) is 66.5 Å². The van der Waals surface area contributed by atoms with Crippen LogP contribution in [0.1, 0.15) is 24.1 Å². The Balaban J connectivity index is 1.10. The number of piperazine rings is 1. The zero-order valence-corrected chi connectivity index (χ0v) is 21.3. The van der Waals surface area contributed by atoms with Crippen LogP contribution in [-0.4, -0.2) is 75.0 Å². The van der Waals surface area contributed by atoms with E-state index in [0.717, 1.165) is 66.4 Å². The molecule has 3 fully saturated rings. The quantitative estimate of drug-likeness (QED) is 0.419. The van der Waals surface area contributed by atoms with Crippen molar-refractivity contribution in [2.75, 3.05) is 44.0 Å². The first kappa shape index (κ1) is 23.1. The fourth-order valence-corrected chi connectivity index (χ4v) is 5.91. The van der Waals surface area contributed by atoms with Gasteiger partial charge in [-0.15, -0.1) is 0 Å². The van der Waals surface area contributed by atoms with E-state index in [1.807, 2.05) is 16.9 Å². The van der Waals surface area contributed by atoms with Crippen LogP contribution in [0.15, 0.2) is 55.3 Å². The van der Waals surface area contributed by atoms with Crippen molar-refractivity contribution in [2.45, 2.75) is 31.5 Å². The van der Waals surface area contributed by atoms with Crippen molar-refractivity contribution in [2.24, 2.45) is 0 Å². The molecule has 2 N–H and O–H groups in total. The third kappa shape index (κ3) is 4.06. The molecule has 0 saturated carbocycles. The molecule has 8 rings (SSSR count). The zero-order valence-electron chi connectivity index (χ0n) is 21.3. The average molecular weight is 511 g/mol. The molecule has 0 aromatic carbocycles. The number of methoxy groups -OCH3 is 1. The fourth-order valence-electron chi connectivity index (χ4n) is 5.91. The number of rotatable bonds is 6. The Kier molecular flexibility index (Phi) is 5.70. The van der Waals surface area contributed by atoms with Gasteiger partial charge < -0.3 is 20.1 Å². The van der Waals surface area contributed by atoms with E-state index >= 15 is 0 Å². The highest BCUT2D eigenvalue weighted by molar-refractivity contribution is 5.90. The third-order valence-electron chi connectivity index (χ3n) is 7.94. The van der Waals surface area contributed by atoms with Gasteiger partial charge in [0.05, 0.1) is 55.8 Å². The summed E-state index contributed by atoms with van der Waals surface area (Å²) in [6.07, 6.45) is 13.5. The second-order valence-corrected chi connectivity index (χ2v) is 10.2. The van der Waals surface area contributed by atoms with Crippen molar-refractivity contribution in [1.29, 1.82) is 0 Å². The van der Waals surface area contributed by atoms with E-state index in [9.17, 15) is 0 Å². The molecule has 0 spiro atoms. The van der Waals surface area contributed by atoms with Gasteiger partial charge in [-0.3, -0.25) is 9.88 Å². The predicted octanol–water partition coefficient (Wildman–Crippen LogP) is 3.04. The smallest absolute Gasteiger partial charge is 0.231 e. The molecule has 4 aromatic heterocycles. The van der Waals surface area contributed by atoms with Crippen LogP contribution in [0.3, 0.4) is 0 Å². The molecule has 4 aliphatic heterocycles. The second kappa shape index (κ2) is 9.38. The lowest BCUT2D eigenvalue weighted by Gasteiger charge is -2.56. The van der Waals surface area contributed by atoms with Gasteiger partial charge in [-0.05, 0) is 42.2 Å². The molecule has 8 heterocycles. The summed E-state index contributed by atoms with van der Waals surface area (Å²) < 4.78 is 12.5. The number of piperidine rings is 1. The normalized spacial score (nSPS) is 21.3. The molecule has 2 unspecified atom stereocenters. The number of pyridine rings is 2. The molecule has 194 valence electrons. The summed E-state index contributed by atoms with van der Waals surface area (Å²) in [5.74, 6) is 1.55. The molecule has 4 aromatic rings. The van der Waals surface area contributed by atoms with E-state index in [1.165, 1.54) is 12.0 Å². The molecule has 0 radical (unpaired) electrons. The Morgan fingerprint density at radius 1 is 1.05 bits per heavy atom. The van der Waals surface area contributed by atoms with Crippen LogP contribution >= 0.6 is 0 Å². The van der Waals surface area contributed by atoms with Crippen LogP contribution in [-0.2, 0) is 11.3 Å². The molecule has 2 atom stereocenters. The summed E-state index contributed by atoms with van der Waals surface area (Å²) in [7, 11) is 1.61. The number of nitrogens with two attached hydrogens (primary N) is 1. The Labute approximate surface area is 220 Å². The van der Waals surface area contributed by atoms with Crippen molar-refractivity contribution in [1.82, 2.24) is 29.5 Å². The highest BCUT2D eigenvalue weighted by atomic mass is 16.5. The summed E-state index contributed by atoms with van der Waals surface area (Å²) in [5, 5.41) is 4.50. The maximum atomic E-state index is 6.33. The number of aromatic nitrogens is 5. The Morgan fingerprint density at radius 3 is 2.66 bits per heavy atom. The van der Waals surface area contributed by atoms with E-state index in [1.54, 1.807) is 19.5 Å². The zero-order chi connectivity index (χ0) is 25.6. The summed E-state index contributed by atoms with van der Waals surface area (Å²) in [4.78, 5) is 18.6. The minimum absolute atomic E-state index is 0.495. The van der Waals surface area contributed by atoms with Gasteiger partial charge in [0.15, 0.2) is 0 Å². The van der Waals surface area contributed by atoms with E-state index < -0.39 is 0 Å². The van der Waals surface area contributed by atoms with Gasteiger partial charge in [-0.2, -0.15) is 5.10 Å². The van der Waals surface area contributed by atoms with E-state index in [2.05, 4.69) is 55.3 Å². The van der Waals surface area contributed by atoms with Crippen molar-refractivity contribution >= 4 is 22.6 Å². The summed E-state index contributed by atoms with van der Waals surface area (Å²) in [6, 6.07) is 7.47. The second-order valence-electron chi connectivity index (χ2n) is 10.2. The number of hydrogen-bond donors (Lipinski definition) is 1. The number of nitrogen functional groups attached to an aromatic ring is 1. The minimum Gasteiger partial charge on any atom is -0.480 e. The molecule has 4 aliphatic rings. The highest BCUT2D eigenvalue weighted by Crippen LogP contribution is 2.37. The fraction of sp³-hybridized carbons (Fsp3) is 0.357. The number of anilines is 2. The van der Waals surface area contributed by atoms with Crippen molar-refractivity contribution in [3.63, 3.8) is 0 Å². The lowest BCUT2D eigenvalue weighted by Crippen LogP contribution is -2.68. The third-order valence-corrected chi connectivity index (χ3v) is 7.94. The van der Waals surface area contributed by atoms with Crippen LogP contribution in [0.4, 0.5) is 11.5 Å². The van der Waals surface area contributed by atoms with E-state index in [-0.39, 0.29) is 0 Å². The lowest BCUT2D eigenvalue weighted by molar-refractivity contribution is -0.00979. The Morgan fingerprint density at radius 2 is 1.95 bits per heavy atom. The first-order chi connectivity index (χ1) is 18.7. The van der Waals surface area contributed by atoms with Gasteiger partial charge in [0.1, 0.15) is 5.82 Å². The van der Waals surface area contributed by atoms with Gasteiger partial charge in [0, 0.05) is 55.2 Å². The molecule has 2 bridgehead atoms. The monoisotopic (exact) mass is 510 g/mol. The number of fused-ring (bicyclic) bond motifs is 3. The number of nitrogens with zero attached hydrogens (tertiary/aromatic N) is 7. The van der Waals surface area contributed by atoms with Crippen LogP contribution in [0.25, 0.3) is 22.2 Å². The topological polar surface area (TPSA) is 107 Å². The van der Waals surface area contributed by atoms with Gasteiger partial charge in [-0.25, -0.2) is 14.5 Å². The van der Waals surface area contributed by atoms with Gasteiger partial charge in [-0.1, -0.05) is 6.08 Å². The summed E-state index contributed by atoms with van der Waals surface area (Å²) in [6.45, 7) is 4.10. The number of hydrogen-bond acceptors (Lipinski definition) is 9. The molecule has 0 amide bonds. The summed E-state index contributed by atoms with van der Waals surface area (Å²) in [5.41, 5.74) is 13.4. The van der Waals surface area contributed by atoms with E-state index in [4.69, 9.17) is 20.2 Å². The minimum atomic E-state index is 0.495. The summed E-state index contributed by atoms with van der Waals surface area (Å²) >= 11 is 0. The van der Waals surface area contributed by atoms with Gasteiger partial charge in [0.2, 0.25) is 5.88 Å². The predicted molar refractivity (Wildman–Crippen MR) is 145 cm³/mol. The average Bonchev–Trinajstić information content (AvgIpc) is 3.36. The maximum Gasteiger partial charge on any atom is 0.231 e. The Bertz CT molecular complexity index is 1490. The molecular weight excluding hydrogens is 480 g/mol. The lowest BCUT2D eigenvalue weighted by atomic mass is 9.87. The molecule has 3 saturated heterocycles. The molecular formula is C28H30N8O2. The largest absolute Gasteiger partial charge is 0.480 e.